The van der Waals surface area contributed by atoms with E-state index >= 15 is 0 Å². The molecule has 1 amide bonds. The fraction of sp³-hybridized carbons (Fsp3) is 0.133. The highest BCUT2D eigenvalue weighted by Crippen LogP contribution is 2.46. The van der Waals surface area contributed by atoms with Crippen LogP contribution >= 0.6 is 50.5 Å². The number of ether oxygens (including phenoxy) is 1. The number of benzene rings is 1. The number of carbonyl (C=O) groups excluding carboxylic acids is 1. The van der Waals surface area contributed by atoms with Crippen LogP contribution in [-0.2, 0) is 0 Å². The molecule has 0 aliphatic rings. The number of anilines is 2. The molecule has 0 aliphatic heterocycles. The molecule has 0 atom stereocenters. The minimum atomic E-state index is -0.406. The van der Waals surface area contributed by atoms with Crippen LogP contribution in [0.4, 0.5) is 11.5 Å². The van der Waals surface area contributed by atoms with E-state index in [4.69, 9.17) is 33.7 Å². The highest BCUT2D eigenvalue weighted by atomic mass is 79.9. The molecule has 3 aromatic rings. The van der Waals surface area contributed by atoms with E-state index in [1.54, 1.807) is 12.3 Å². The highest BCUT2D eigenvalue weighted by Gasteiger charge is 2.23. The molecule has 3 N–H and O–H groups in total. The number of hydrogen-bond acceptors (Lipinski definition) is 6. The molecule has 2 aromatic heterocycles. The predicted molar refractivity (Wildman–Crippen MR) is 105 cm³/mol. The fourth-order valence-electron chi connectivity index (χ4n) is 2.26. The second kappa shape index (κ2) is 6.95. The average Bonchev–Trinajstić information content (AvgIpc) is 3.03. The van der Waals surface area contributed by atoms with Gasteiger partial charge in [0.25, 0.3) is 5.91 Å². The van der Waals surface area contributed by atoms with E-state index in [-0.39, 0.29) is 10.7 Å². The number of nitrogens with one attached hydrogen (secondary N) is 1. The van der Waals surface area contributed by atoms with Crippen molar-refractivity contribution in [1.82, 2.24) is 9.97 Å². The first-order chi connectivity index (χ1) is 11.9. The van der Waals surface area contributed by atoms with Crippen molar-refractivity contribution in [1.29, 1.82) is 0 Å². The summed E-state index contributed by atoms with van der Waals surface area (Å²) in [6, 6.07) is 0. The SMILES string of the molecule is COc1c(Cl)c(NC(=O)c2csc3c(N)ncnc23)c(Cl)c(C)c1Br. The second-order valence-corrected chi connectivity index (χ2v) is 7.44. The number of fused-ring (bicyclic) bond motifs is 1. The number of carbonyl (C=O) groups is 1. The van der Waals surface area contributed by atoms with Crippen LogP contribution in [0.25, 0.3) is 10.2 Å². The number of nitrogens with zero attached hydrogens (tertiary/aromatic N) is 2. The minimum Gasteiger partial charge on any atom is -0.494 e. The van der Waals surface area contributed by atoms with Crippen LogP contribution in [0.2, 0.25) is 10.0 Å². The first-order valence-electron chi connectivity index (χ1n) is 6.86. The number of nitrogens with two attached hydrogens (primary N) is 1. The molecule has 0 aliphatic carbocycles. The van der Waals surface area contributed by atoms with E-state index in [9.17, 15) is 4.79 Å². The molecule has 130 valence electrons. The van der Waals surface area contributed by atoms with Gasteiger partial charge in [-0.2, -0.15) is 0 Å². The summed E-state index contributed by atoms with van der Waals surface area (Å²) in [5, 5.41) is 4.92. The number of nitrogen functional groups attached to an aromatic ring is 1. The van der Waals surface area contributed by atoms with Crippen molar-refractivity contribution in [2.45, 2.75) is 6.92 Å². The lowest BCUT2D eigenvalue weighted by Gasteiger charge is -2.16. The molecule has 0 unspecified atom stereocenters. The Balaban J connectivity index is 2.07. The largest absolute Gasteiger partial charge is 0.494 e. The van der Waals surface area contributed by atoms with Crippen molar-refractivity contribution in [3.63, 3.8) is 0 Å². The van der Waals surface area contributed by atoms with Gasteiger partial charge in [-0.25, -0.2) is 9.97 Å². The number of amides is 1. The molecule has 0 radical (unpaired) electrons. The van der Waals surface area contributed by atoms with Crippen LogP contribution in [0, 0.1) is 6.92 Å². The van der Waals surface area contributed by atoms with Crippen LogP contribution in [-0.4, -0.2) is 23.0 Å². The smallest absolute Gasteiger partial charge is 0.258 e. The van der Waals surface area contributed by atoms with Crippen molar-refractivity contribution in [3.8, 4) is 5.75 Å². The molecule has 2 heterocycles. The van der Waals surface area contributed by atoms with E-state index in [0.717, 1.165) is 0 Å². The fourth-order valence-corrected chi connectivity index (χ4v) is 4.55. The Labute approximate surface area is 165 Å². The summed E-state index contributed by atoms with van der Waals surface area (Å²) < 4.78 is 6.56. The average molecular weight is 462 g/mol. The third-order valence-electron chi connectivity index (χ3n) is 3.56. The van der Waals surface area contributed by atoms with Crippen LogP contribution in [0.5, 0.6) is 5.75 Å². The number of rotatable bonds is 3. The molecule has 0 saturated carbocycles. The van der Waals surface area contributed by atoms with Gasteiger partial charge in [-0.05, 0) is 28.4 Å². The maximum absolute atomic E-state index is 12.7. The molecule has 3 rings (SSSR count). The topological polar surface area (TPSA) is 90.1 Å². The summed E-state index contributed by atoms with van der Waals surface area (Å²) in [5.74, 6) is 0.309. The molecular formula is C15H11BrCl2N4O2S. The molecule has 0 bridgehead atoms. The molecule has 0 fully saturated rings. The number of hydrogen-bond donors (Lipinski definition) is 2. The summed E-state index contributed by atoms with van der Waals surface area (Å²) in [7, 11) is 1.48. The minimum absolute atomic E-state index is 0.201. The molecule has 10 heteroatoms. The van der Waals surface area contributed by atoms with Crippen LogP contribution in [0.3, 0.4) is 0 Å². The number of methoxy groups -OCH3 is 1. The van der Waals surface area contributed by atoms with Crippen LogP contribution < -0.4 is 15.8 Å². The van der Waals surface area contributed by atoms with Gasteiger partial charge in [0.1, 0.15) is 17.2 Å². The summed E-state index contributed by atoms with van der Waals surface area (Å²) in [6.45, 7) is 1.79. The second-order valence-electron chi connectivity index (χ2n) is 5.02. The monoisotopic (exact) mass is 460 g/mol. The molecule has 25 heavy (non-hydrogen) atoms. The Morgan fingerprint density at radius 2 is 2.08 bits per heavy atom. The number of thiophene rings is 1. The zero-order chi connectivity index (χ0) is 18.3. The summed E-state index contributed by atoms with van der Waals surface area (Å²) >= 11 is 17.4. The summed E-state index contributed by atoms with van der Waals surface area (Å²) in [5.41, 5.74) is 7.61. The third kappa shape index (κ3) is 3.03. The van der Waals surface area contributed by atoms with Gasteiger partial charge >= 0.3 is 0 Å². The van der Waals surface area contributed by atoms with Crippen molar-refractivity contribution in [2.24, 2.45) is 0 Å². The van der Waals surface area contributed by atoms with Crippen LogP contribution in [0.1, 0.15) is 15.9 Å². The molecule has 1 aromatic carbocycles. The van der Waals surface area contributed by atoms with E-state index in [1.807, 2.05) is 0 Å². The van der Waals surface area contributed by atoms with Crippen molar-refractivity contribution in [2.75, 3.05) is 18.2 Å². The number of aromatic nitrogens is 2. The Hall–Kier alpha value is -1.61. The van der Waals surface area contributed by atoms with Gasteiger partial charge in [0.2, 0.25) is 0 Å². The van der Waals surface area contributed by atoms with Crippen molar-refractivity contribution in [3.05, 3.63) is 37.4 Å². The van der Waals surface area contributed by atoms with Crippen molar-refractivity contribution >= 4 is 78.1 Å². The van der Waals surface area contributed by atoms with E-state index in [1.165, 1.54) is 24.8 Å². The maximum Gasteiger partial charge on any atom is 0.258 e. The molecule has 0 spiro atoms. The Bertz CT molecular complexity index is 1010. The van der Waals surface area contributed by atoms with Gasteiger partial charge in [0.15, 0.2) is 5.75 Å². The summed E-state index contributed by atoms with van der Waals surface area (Å²) in [4.78, 5) is 20.8. The Kier molecular flexibility index (Phi) is 5.06. The van der Waals surface area contributed by atoms with Gasteiger partial charge in [-0.15, -0.1) is 11.3 Å². The van der Waals surface area contributed by atoms with E-state index in [2.05, 4.69) is 31.2 Å². The summed E-state index contributed by atoms with van der Waals surface area (Å²) in [6.07, 6.45) is 1.31. The Morgan fingerprint density at radius 3 is 2.76 bits per heavy atom. The first-order valence-corrected chi connectivity index (χ1v) is 9.29. The lowest BCUT2D eigenvalue weighted by molar-refractivity contribution is 0.102. The zero-order valence-corrected chi connectivity index (χ0v) is 16.9. The van der Waals surface area contributed by atoms with Gasteiger partial charge < -0.3 is 15.8 Å². The molecule has 6 nitrogen and oxygen atoms in total. The maximum atomic E-state index is 12.7. The third-order valence-corrected chi connectivity index (χ3v) is 6.34. The standard InChI is InChI=1S/C15H11BrCl2N4O2S/c1-5-7(16)12(24-2)9(18)11(8(5)17)22-15(23)6-3-25-13-10(6)20-4-21-14(13)19/h3-4H,1-2H3,(H,22,23)(H2,19,20,21). The van der Waals surface area contributed by atoms with Gasteiger partial charge in [-0.3, -0.25) is 4.79 Å². The van der Waals surface area contributed by atoms with E-state index < -0.39 is 5.91 Å². The number of halogens is 3. The van der Waals surface area contributed by atoms with Gasteiger partial charge in [0.05, 0.1) is 38.1 Å². The van der Waals surface area contributed by atoms with E-state index in [0.29, 0.717) is 42.4 Å². The predicted octanol–water partition coefficient (Wildman–Crippen LogP) is 4.91. The Morgan fingerprint density at radius 1 is 1.36 bits per heavy atom. The lowest BCUT2D eigenvalue weighted by atomic mass is 10.2. The van der Waals surface area contributed by atoms with Gasteiger partial charge in [0, 0.05) is 5.38 Å². The normalized spacial score (nSPS) is 10.9. The van der Waals surface area contributed by atoms with Crippen molar-refractivity contribution < 1.29 is 9.53 Å². The zero-order valence-electron chi connectivity index (χ0n) is 13.0. The quantitative estimate of drug-likeness (QED) is 0.578. The highest BCUT2D eigenvalue weighted by molar-refractivity contribution is 9.10. The molecule has 0 saturated heterocycles. The van der Waals surface area contributed by atoms with Crippen LogP contribution in [0.15, 0.2) is 16.2 Å². The van der Waals surface area contributed by atoms with Gasteiger partial charge in [-0.1, -0.05) is 23.2 Å². The first kappa shape index (κ1) is 18.2. The lowest BCUT2D eigenvalue weighted by Crippen LogP contribution is -2.13. The molecular weight excluding hydrogens is 451 g/mol.